The summed E-state index contributed by atoms with van der Waals surface area (Å²) in [6.45, 7) is 2.01. The largest absolute Gasteiger partial charge is 0.494 e. The lowest BCUT2D eigenvalue weighted by molar-refractivity contribution is 0.410. The lowest BCUT2D eigenvalue weighted by atomic mass is 10.2. The number of benzene rings is 2. The highest BCUT2D eigenvalue weighted by molar-refractivity contribution is 5.62. The van der Waals surface area contributed by atoms with E-state index in [1.165, 1.54) is 0 Å². The van der Waals surface area contributed by atoms with Gasteiger partial charge in [0.15, 0.2) is 0 Å². The van der Waals surface area contributed by atoms with Gasteiger partial charge in [-0.05, 0) is 30.7 Å². The van der Waals surface area contributed by atoms with Crippen molar-refractivity contribution in [1.82, 2.24) is 0 Å². The van der Waals surface area contributed by atoms with E-state index in [4.69, 9.17) is 9.47 Å². The van der Waals surface area contributed by atoms with Crippen LogP contribution in [0.3, 0.4) is 0 Å². The van der Waals surface area contributed by atoms with E-state index >= 15 is 0 Å². The van der Waals surface area contributed by atoms with Gasteiger partial charge >= 0.3 is 0 Å². The van der Waals surface area contributed by atoms with Gasteiger partial charge in [-0.2, -0.15) is 0 Å². The standard InChI is InChI=1S/C15H17NO2/c1-11-9-13(16-2)15(17-3)10-14(11)18-12-7-5-4-6-8-12/h4-10,16H,1-3H3. The Balaban J connectivity index is 2.33. The molecule has 0 radical (unpaired) electrons. The van der Waals surface area contributed by atoms with Crippen molar-refractivity contribution in [2.75, 3.05) is 19.5 Å². The van der Waals surface area contributed by atoms with E-state index in [9.17, 15) is 0 Å². The van der Waals surface area contributed by atoms with Crippen LogP contribution in [0.2, 0.25) is 0 Å². The summed E-state index contributed by atoms with van der Waals surface area (Å²) in [5, 5.41) is 3.10. The average molecular weight is 243 g/mol. The summed E-state index contributed by atoms with van der Waals surface area (Å²) in [5.41, 5.74) is 2.01. The van der Waals surface area contributed by atoms with Crippen molar-refractivity contribution < 1.29 is 9.47 Å². The molecule has 0 aliphatic carbocycles. The molecule has 1 N–H and O–H groups in total. The minimum atomic E-state index is 0.772. The maximum atomic E-state index is 5.84. The van der Waals surface area contributed by atoms with E-state index in [2.05, 4.69) is 5.32 Å². The van der Waals surface area contributed by atoms with Gasteiger partial charge in [-0.3, -0.25) is 0 Å². The fourth-order valence-corrected chi connectivity index (χ4v) is 1.76. The van der Waals surface area contributed by atoms with E-state index in [0.29, 0.717) is 0 Å². The highest BCUT2D eigenvalue weighted by Gasteiger charge is 2.08. The molecule has 0 heterocycles. The van der Waals surface area contributed by atoms with Gasteiger partial charge in [0.2, 0.25) is 0 Å². The number of methoxy groups -OCH3 is 1. The molecule has 0 saturated carbocycles. The molecule has 3 nitrogen and oxygen atoms in total. The first-order valence-corrected chi connectivity index (χ1v) is 5.84. The Kier molecular flexibility index (Phi) is 3.72. The molecule has 0 aliphatic heterocycles. The Morgan fingerprint density at radius 2 is 1.72 bits per heavy atom. The van der Waals surface area contributed by atoms with Gasteiger partial charge in [0.25, 0.3) is 0 Å². The minimum absolute atomic E-state index is 0.772. The topological polar surface area (TPSA) is 30.5 Å². The van der Waals surface area contributed by atoms with Crippen LogP contribution in [-0.4, -0.2) is 14.2 Å². The Morgan fingerprint density at radius 3 is 2.33 bits per heavy atom. The van der Waals surface area contributed by atoms with Crippen molar-refractivity contribution in [2.45, 2.75) is 6.92 Å². The third-order valence-corrected chi connectivity index (χ3v) is 2.74. The molecule has 0 spiro atoms. The molecule has 0 aromatic heterocycles. The average Bonchev–Trinajstić information content (AvgIpc) is 2.41. The van der Waals surface area contributed by atoms with Crippen LogP contribution in [0.5, 0.6) is 17.2 Å². The molecule has 2 rings (SSSR count). The van der Waals surface area contributed by atoms with Crippen LogP contribution in [0, 0.1) is 6.92 Å². The number of anilines is 1. The number of rotatable bonds is 4. The summed E-state index contributed by atoms with van der Waals surface area (Å²) < 4.78 is 11.2. The number of hydrogen-bond donors (Lipinski definition) is 1. The predicted molar refractivity (Wildman–Crippen MR) is 73.8 cm³/mol. The molecule has 0 saturated heterocycles. The molecule has 2 aromatic carbocycles. The molecule has 94 valence electrons. The van der Waals surface area contributed by atoms with E-state index in [-0.39, 0.29) is 0 Å². The highest BCUT2D eigenvalue weighted by atomic mass is 16.5. The van der Waals surface area contributed by atoms with E-state index in [1.54, 1.807) is 7.11 Å². The van der Waals surface area contributed by atoms with Gasteiger partial charge in [0, 0.05) is 13.1 Å². The van der Waals surface area contributed by atoms with Crippen LogP contribution in [0.25, 0.3) is 0 Å². The van der Waals surface area contributed by atoms with Crippen molar-refractivity contribution in [3.05, 3.63) is 48.0 Å². The summed E-state index contributed by atoms with van der Waals surface area (Å²) in [6, 6.07) is 13.6. The van der Waals surface area contributed by atoms with E-state index < -0.39 is 0 Å². The molecular formula is C15H17NO2. The molecule has 0 fully saturated rings. The van der Waals surface area contributed by atoms with E-state index in [0.717, 1.165) is 28.5 Å². The molecular weight excluding hydrogens is 226 g/mol. The SMILES string of the molecule is CNc1cc(C)c(Oc2ccccc2)cc1OC. The summed E-state index contributed by atoms with van der Waals surface area (Å²) in [6.07, 6.45) is 0. The number of hydrogen-bond acceptors (Lipinski definition) is 3. The smallest absolute Gasteiger partial charge is 0.145 e. The van der Waals surface area contributed by atoms with Crippen LogP contribution >= 0.6 is 0 Å². The third kappa shape index (κ3) is 2.56. The molecule has 0 unspecified atom stereocenters. The summed E-state index contributed by atoms with van der Waals surface area (Å²) in [4.78, 5) is 0. The molecule has 0 bridgehead atoms. The summed E-state index contributed by atoms with van der Waals surface area (Å²) in [7, 11) is 3.52. The van der Waals surface area contributed by atoms with Gasteiger partial charge < -0.3 is 14.8 Å². The number of para-hydroxylation sites is 1. The van der Waals surface area contributed by atoms with Crippen LogP contribution < -0.4 is 14.8 Å². The lowest BCUT2D eigenvalue weighted by Gasteiger charge is -2.14. The Labute approximate surface area is 107 Å². The monoisotopic (exact) mass is 243 g/mol. The van der Waals surface area contributed by atoms with Gasteiger partial charge in [-0.1, -0.05) is 18.2 Å². The van der Waals surface area contributed by atoms with Gasteiger partial charge in [0.1, 0.15) is 17.2 Å². The second-order valence-corrected chi connectivity index (χ2v) is 3.98. The Morgan fingerprint density at radius 1 is 1.00 bits per heavy atom. The van der Waals surface area contributed by atoms with Crippen molar-refractivity contribution >= 4 is 5.69 Å². The maximum Gasteiger partial charge on any atom is 0.145 e. The fraction of sp³-hybridized carbons (Fsp3) is 0.200. The Bertz CT molecular complexity index is 524. The number of aryl methyl sites for hydroxylation is 1. The van der Waals surface area contributed by atoms with Crippen LogP contribution in [0.4, 0.5) is 5.69 Å². The molecule has 3 heteroatoms. The second kappa shape index (κ2) is 5.45. The zero-order valence-corrected chi connectivity index (χ0v) is 10.9. The number of ether oxygens (including phenoxy) is 2. The van der Waals surface area contributed by atoms with Gasteiger partial charge in [0.05, 0.1) is 12.8 Å². The van der Waals surface area contributed by atoms with Crippen LogP contribution in [-0.2, 0) is 0 Å². The van der Waals surface area contributed by atoms with Crippen LogP contribution in [0.1, 0.15) is 5.56 Å². The number of nitrogens with one attached hydrogen (secondary N) is 1. The van der Waals surface area contributed by atoms with Crippen LogP contribution in [0.15, 0.2) is 42.5 Å². The summed E-state index contributed by atoms with van der Waals surface area (Å²) in [5.74, 6) is 2.39. The highest BCUT2D eigenvalue weighted by Crippen LogP contribution is 2.34. The van der Waals surface area contributed by atoms with E-state index in [1.807, 2.05) is 56.4 Å². The molecule has 18 heavy (non-hydrogen) atoms. The zero-order valence-electron chi connectivity index (χ0n) is 10.9. The summed E-state index contributed by atoms with van der Waals surface area (Å²) >= 11 is 0. The molecule has 0 aliphatic rings. The van der Waals surface area contributed by atoms with Crippen molar-refractivity contribution in [3.8, 4) is 17.2 Å². The fourth-order valence-electron chi connectivity index (χ4n) is 1.76. The first kappa shape index (κ1) is 12.3. The zero-order chi connectivity index (χ0) is 13.0. The van der Waals surface area contributed by atoms with Crippen molar-refractivity contribution in [3.63, 3.8) is 0 Å². The predicted octanol–water partition coefficient (Wildman–Crippen LogP) is 3.84. The normalized spacial score (nSPS) is 9.94. The Hall–Kier alpha value is -2.16. The first-order valence-electron chi connectivity index (χ1n) is 5.84. The first-order chi connectivity index (χ1) is 8.74. The molecule has 0 amide bonds. The van der Waals surface area contributed by atoms with Crippen molar-refractivity contribution in [2.24, 2.45) is 0 Å². The van der Waals surface area contributed by atoms with Crippen molar-refractivity contribution in [1.29, 1.82) is 0 Å². The maximum absolute atomic E-state index is 5.84. The molecule has 2 aromatic rings. The van der Waals surface area contributed by atoms with Gasteiger partial charge in [-0.25, -0.2) is 0 Å². The minimum Gasteiger partial charge on any atom is -0.494 e. The lowest BCUT2D eigenvalue weighted by Crippen LogP contribution is -1.96. The second-order valence-electron chi connectivity index (χ2n) is 3.98. The van der Waals surface area contributed by atoms with Gasteiger partial charge in [-0.15, -0.1) is 0 Å². The molecule has 0 atom stereocenters. The quantitative estimate of drug-likeness (QED) is 0.885. The third-order valence-electron chi connectivity index (χ3n) is 2.74.